The van der Waals surface area contributed by atoms with Crippen molar-refractivity contribution in [2.24, 2.45) is 0 Å². The van der Waals surface area contributed by atoms with Crippen LogP contribution < -0.4 is 5.32 Å². The first-order valence-corrected chi connectivity index (χ1v) is 7.58. The second-order valence-electron chi connectivity index (χ2n) is 5.54. The van der Waals surface area contributed by atoms with Crippen molar-refractivity contribution in [1.29, 1.82) is 0 Å². The predicted molar refractivity (Wildman–Crippen MR) is 98.1 cm³/mol. The quantitative estimate of drug-likeness (QED) is 0.821. The molecular weight excluding hydrogens is 284 g/mol. The molecule has 0 aliphatic carbocycles. The number of amides is 1. The van der Waals surface area contributed by atoms with E-state index in [1.54, 1.807) is 0 Å². The van der Waals surface area contributed by atoms with E-state index in [0.717, 1.165) is 11.3 Å². The van der Waals surface area contributed by atoms with Crippen LogP contribution in [-0.2, 0) is 4.79 Å². The molecule has 23 heavy (non-hydrogen) atoms. The molecule has 0 saturated carbocycles. The van der Waals surface area contributed by atoms with Gasteiger partial charge in [0, 0.05) is 5.69 Å². The molecule has 0 saturated heterocycles. The van der Waals surface area contributed by atoms with E-state index < -0.39 is 0 Å². The molecule has 0 spiro atoms. The molecule has 3 nitrogen and oxygen atoms in total. The molecule has 2 aromatic rings. The molecular formula is C20H22N2O. The summed E-state index contributed by atoms with van der Waals surface area (Å²) >= 11 is 0. The summed E-state index contributed by atoms with van der Waals surface area (Å²) in [6.07, 6.45) is 8.12. The van der Waals surface area contributed by atoms with Gasteiger partial charge in [-0.25, -0.2) is 0 Å². The number of nitrogens with one attached hydrogen (secondary N) is 1. The minimum atomic E-state index is -0.0101. The SMILES string of the molecule is CN(C)CC(=O)Nc1ccc(C=CC=Cc2ccccc2)cc1. The maximum Gasteiger partial charge on any atom is 0.238 e. The van der Waals surface area contributed by atoms with Crippen LogP contribution in [0.5, 0.6) is 0 Å². The Morgan fingerprint density at radius 3 is 2.04 bits per heavy atom. The van der Waals surface area contributed by atoms with Crippen LogP contribution in [0.25, 0.3) is 12.2 Å². The molecule has 118 valence electrons. The maximum atomic E-state index is 11.7. The van der Waals surface area contributed by atoms with Crippen molar-refractivity contribution >= 4 is 23.7 Å². The highest BCUT2D eigenvalue weighted by Crippen LogP contribution is 2.11. The summed E-state index contributed by atoms with van der Waals surface area (Å²) in [6, 6.07) is 18.0. The van der Waals surface area contributed by atoms with Gasteiger partial charge >= 0.3 is 0 Å². The summed E-state index contributed by atoms with van der Waals surface area (Å²) in [5.41, 5.74) is 3.08. The monoisotopic (exact) mass is 306 g/mol. The molecule has 1 N–H and O–H groups in total. The smallest absolute Gasteiger partial charge is 0.238 e. The predicted octanol–water partition coefficient (Wildman–Crippen LogP) is 3.91. The topological polar surface area (TPSA) is 32.3 Å². The fourth-order valence-corrected chi connectivity index (χ4v) is 2.06. The Morgan fingerprint density at radius 1 is 0.913 bits per heavy atom. The third kappa shape index (κ3) is 6.32. The number of allylic oxidation sites excluding steroid dienone is 2. The van der Waals surface area contributed by atoms with Gasteiger partial charge in [0.05, 0.1) is 6.54 Å². The van der Waals surface area contributed by atoms with Gasteiger partial charge in [-0.1, -0.05) is 66.8 Å². The number of rotatable bonds is 6. The van der Waals surface area contributed by atoms with Crippen molar-refractivity contribution in [2.75, 3.05) is 26.0 Å². The van der Waals surface area contributed by atoms with Gasteiger partial charge in [0.2, 0.25) is 5.91 Å². The van der Waals surface area contributed by atoms with E-state index in [-0.39, 0.29) is 5.91 Å². The number of nitrogens with zero attached hydrogens (tertiary/aromatic N) is 1. The van der Waals surface area contributed by atoms with Crippen LogP contribution in [0.3, 0.4) is 0 Å². The number of carbonyl (C=O) groups is 1. The molecule has 0 atom stereocenters. The lowest BCUT2D eigenvalue weighted by molar-refractivity contribution is -0.116. The maximum absolute atomic E-state index is 11.7. The number of carbonyl (C=O) groups excluding carboxylic acids is 1. The lowest BCUT2D eigenvalue weighted by atomic mass is 10.1. The van der Waals surface area contributed by atoms with Crippen molar-refractivity contribution < 1.29 is 4.79 Å². The first-order chi connectivity index (χ1) is 11.1. The average molecular weight is 306 g/mol. The average Bonchev–Trinajstić information content (AvgIpc) is 2.53. The van der Waals surface area contributed by atoms with Crippen molar-refractivity contribution in [3.63, 3.8) is 0 Å². The van der Waals surface area contributed by atoms with Crippen LogP contribution in [0, 0.1) is 0 Å². The zero-order chi connectivity index (χ0) is 16.5. The molecule has 0 aliphatic heterocycles. The van der Waals surface area contributed by atoms with Gasteiger partial charge < -0.3 is 10.2 Å². The standard InChI is InChI=1S/C20H22N2O/c1-22(2)16-20(23)21-19-14-12-18(13-15-19)11-7-6-10-17-8-4-3-5-9-17/h3-15H,16H2,1-2H3,(H,21,23). The van der Waals surface area contributed by atoms with Crippen LogP contribution >= 0.6 is 0 Å². The summed E-state index contributed by atoms with van der Waals surface area (Å²) in [4.78, 5) is 13.5. The summed E-state index contributed by atoms with van der Waals surface area (Å²) in [7, 11) is 3.74. The van der Waals surface area contributed by atoms with Gasteiger partial charge in [0.25, 0.3) is 0 Å². The minimum Gasteiger partial charge on any atom is -0.325 e. The van der Waals surface area contributed by atoms with Gasteiger partial charge in [-0.05, 0) is 37.4 Å². The third-order valence-electron chi connectivity index (χ3n) is 3.14. The summed E-state index contributed by atoms with van der Waals surface area (Å²) in [5, 5.41) is 2.87. The normalized spacial score (nSPS) is 11.4. The highest BCUT2D eigenvalue weighted by atomic mass is 16.2. The highest BCUT2D eigenvalue weighted by molar-refractivity contribution is 5.92. The molecule has 0 aliphatic rings. The summed E-state index contributed by atoms with van der Waals surface area (Å²) in [5.74, 6) is -0.0101. The van der Waals surface area contributed by atoms with Crippen molar-refractivity contribution in [2.45, 2.75) is 0 Å². The summed E-state index contributed by atoms with van der Waals surface area (Å²) < 4.78 is 0. The van der Waals surface area contributed by atoms with E-state index in [9.17, 15) is 4.79 Å². The molecule has 0 radical (unpaired) electrons. The number of benzene rings is 2. The Morgan fingerprint density at radius 2 is 1.48 bits per heavy atom. The molecule has 0 aromatic heterocycles. The number of anilines is 1. The highest BCUT2D eigenvalue weighted by Gasteiger charge is 2.02. The van der Waals surface area contributed by atoms with Crippen LogP contribution in [-0.4, -0.2) is 31.4 Å². The van der Waals surface area contributed by atoms with Gasteiger partial charge in [-0.2, -0.15) is 0 Å². The fourth-order valence-electron chi connectivity index (χ4n) is 2.06. The third-order valence-corrected chi connectivity index (χ3v) is 3.14. The molecule has 1 amide bonds. The van der Waals surface area contributed by atoms with Crippen LogP contribution in [0.2, 0.25) is 0 Å². The lowest BCUT2D eigenvalue weighted by Crippen LogP contribution is -2.27. The van der Waals surface area contributed by atoms with Crippen molar-refractivity contribution in [3.05, 3.63) is 77.9 Å². The molecule has 0 fully saturated rings. The Bertz CT molecular complexity index is 671. The Labute approximate surface area is 138 Å². The second kappa shape index (κ2) is 8.71. The number of likely N-dealkylation sites (N-methyl/N-ethyl adjacent to an activating group) is 1. The van der Waals surface area contributed by atoms with Crippen molar-refractivity contribution in [1.82, 2.24) is 4.90 Å². The van der Waals surface area contributed by atoms with Gasteiger partial charge in [-0.3, -0.25) is 4.79 Å². The Balaban J connectivity index is 1.88. The minimum absolute atomic E-state index is 0.0101. The van der Waals surface area contributed by atoms with Gasteiger partial charge in [0.15, 0.2) is 0 Å². The lowest BCUT2D eigenvalue weighted by Gasteiger charge is -2.10. The van der Waals surface area contributed by atoms with Crippen molar-refractivity contribution in [3.8, 4) is 0 Å². The van der Waals surface area contributed by atoms with Crippen LogP contribution in [0.1, 0.15) is 11.1 Å². The second-order valence-corrected chi connectivity index (χ2v) is 5.54. The van der Waals surface area contributed by atoms with E-state index in [0.29, 0.717) is 6.54 Å². The van der Waals surface area contributed by atoms with Gasteiger partial charge in [-0.15, -0.1) is 0 Å². The molecule has 0 heterocycles. The molecule has 2 rings (SSSR count). The first kappa shape index (κ1) is 16.7. The van der Waals surface area contributed by atoms with Gasteiger partial charge in [0.1, 0.15) is 0 Å². The van der Waals surface area contributed by atoms with E-state index in [2.05, 4.69) is 23.5 Å². The van der Waals surface area contributed by atoms with E-state index in [1.807, 2.05) is 79.7 Å². The largest absolute Gasteiger partial charge is 0.325 e. The molecule has 0 unspecified atom stereocenters. The first-order valence-electron chi connectivity index (χ1n) is 7.58. The van der Waals surface area contributed by atoms with Crippen LogP contribution in [0.4, 0.5) is 5.69 Å². The zero-order valence-corrected chi connectivity index (χ0v) is 13.6. The fraction of sp³-hybridized carbons (Fsp3) is 0.150. The molecule has 3 heteroatoms. The summed E-state index contributed by atoms with van der Waals surface area (Å²) in [6.45, 7) is 0.381. The zero-order valence-electron chi connectivity index (χ0n) is 13.6. The molecule has 0 bridgehead atoms. The van der Waals surface area contributed by atoms with Crippen LogP contribution in [0.15, 0.2) is 66.7 Å². The molecule has 2 aromatic carbocycles. The number of hydrogen-bond donors (Lipinski definition) is 1. The van der Waals surface area contributed by atoms with E-state index in [4.69, 9.17) is 0 Å². The van der Waals surface area contributed by atoms with E-state index in [1.165, 1.54) is 5.56 Å². The Hall–Kier alpha value is -2.65. The van der Waals surface area contributed by atoms with E-state index >= 15 is 0 Å². The number of hydrogen-bond acceptors (Lipinski definition) is 2. The Kier molecular flexibility index (Phi) is 6.33.